The number of nitrogens with zero attached hydrogens (tertiary/aromatic N) is 5. The van der Waals surface area contributed by atoms with Crippen LogP contribution in [-0.4, -0.2) is 39.0 Å². The van der Waals surface area contributed by atoms with Crippen LogP contribution in [0.15, 0.2) is 53.7 Å². The maximum Gasteiger partial charge on any atom is 0.243 e. The van der Waals surface area contributed by atoms with Crippen LogP contribution in [0.25, 0.3) is 5.69 Å². The minimum absolute atomic E-state index is 0.0117. The zero-order valence-electron chi connectivity index (χ0n) is 17.6. The summed E-state index contributed by atoms with van der Waals surface area (Å²) in [6.07, 6.45) is 5.26. The van der Waals surface area contributed by atoms with Crippen LogP contribution < -0.4 is 0 Å². The molecule has 0 unspecified atom stereocenters. The summed E-state index contributed by atoms with van der Waals surface area (Å²) in [5, 5.41) is 11.1. The van der Waals surface area contributed by atoms with Gasteiger partial charge in [0.05, 0.1) is 10.6 Å². The standard InChI is InChI=1S/C22H26FN5O2S/c1-16-7-3-6-10-22(16)28(14-18-8-4-5-9-20(18)23)31(29,30)19-11-12-21(17(2)13-19)27-15-24-25-26-27/h4-5,8-9,11-13,15-16,22H,3,6-7,10,14H2,1-2H3/t16-,22-/m0/s1. The number of sulfonamides is 1. The third-order valence-corrected chi connectivity index (χ3v) is 7.96. The molecule has 2 atom stereocenters. The predicted molar refractivity (Wildman–Crippen MR) is 114 cm³/mol. The van der Waals surface area contributed by atoms with Crippen molar-refractivity contribution >= 4 is 10.0 Å². The molecule has 0 N–H and O–H groups in total. The Kier molecular flexibility index (Phi) is 6.15. The molecule has 1 aliphatic carbocycles. The molecule has 9 heteroatoms. The van der Waals surface area contributed by atoms with E-state index in [4.69, 9.17) is 0 Å². The Morgan fingerprint density at radius 3 is 2.61 bits per heavy atom. The van der Waals surface area contributed by atoms with Gasteiger partial charge in [-0.2, -0.15) is 4.31 Å². The molecule has 1 fully saturated rings. The Morgan fingerprint density at radius 1 is 1.16 bits per heavy atom. The molecule has 164 valence electrons. The first-order valence-electron chi connectivity index (χ1n) is 10.5. The van der Waals surface area contributed by atoms with E-state index in [1.54, 1.807) is 36.4 Å². The summed E-state index contributed by atoms with van der Waals surface area (Å²) in [5.74, 6) is -0.187. The van der Waals surface area contributed by atoms with Gasteiger partial charge in [0.25, 0.3) is 0 Å². The fourth-order valence-electron chi connectivity index (χ4n) is 4.35. The molecule has 0 aliphatic heterocycles. The average molecular weight is 444 g/mol. The summed E-state index contributed by atoms with van der Waals surface area (Å²) in [7, 11) is -3.85. The molecule has 1 aromatic heterocycles. The lowest BCUT2D eigenvalue weighted by atomic mass is 9.86. The summed E-state index contributed by atoms with van der Waals surface area (Å²) >= 11 is 0. The summed E-state index contributed by atoms with van der Waals surface area (Å²) < 4.78 is 45.0. The molecular formula is C22H26FN5O2S. The first kappa shape index (κ1) is 21.6. The van der Waals surface area contributed by atoms with E-state index in [1.807, 2.05) is 6.92 Å². The number of aromatic nitrogens is 4. The number of tetrazole rings is 1. The molecule has 4 rings (SSSR count). The van der Waals surface area contributed by atoms with Crippen molar-refractivity contribution in [2.24, 2.45) is 5.92 Å². The lowest BCUT2D eigenvalue weighted by Crippen LogP contribution is -2.44. The predicted octanol–water partition coefficient (Wildman–Crippen LogP) is 3.88. The molecule has 0 spiro atoms. The molecule has 0 radical (unpaired) electrons. The summed E-state index contributed by atoms with van der Waals surface area (Å²) in [5.41, 5.74) is 1.82. The molecule has 3 aromatic rings. The van der Waals surface area contributed by atoms with E-state index in [0.29, 0.717) is 11.3 Å². The van der Waals surface area contributed by atoms with Crippen molar-refractivity contribution in [3.63, 3.8) is 0 Å². The molecule has 1 saturated carbocycles. The number of rotatable bonds is 6. The van der Waals surface area contributed by atoms with E-state index >= 15 is 0 Å². The molecule has 0 bridgehead atoms. The summed E-state index contributed by atoms with van der Waals surface area (Å²) in [6.45, 7) is 3.91. The van der Waals surface area contributed by atoms with E-state index in [0.717, 1.165) is 31.2 Å². The highest BCUT2D eigenvalue weighted by Gasteiger charge is 2.36. The second kappa shape index (κ2) is 8.84. The van der Waals surface area contributed by atoms with Gasteiger partial charge in [-0.3, -0.25) is 0 Å². The maximum absolute atomic E-state index is 14.4. The van der Waals surface area contributed by atoms with Crippen molar-refractivity contribution in [2.75, 3.05) is 0 Å². The van der Waals surface area contributed by atoms with Gasteiger partial charge in [0.15, 0.2) is 0 Å². The lowest BCUT2D eigenvalue weighted by Gasteiger charge is -2.38. The molecule has 1 heterocycles. The second-order valence-electron chi connectivity index (χ2n) is 8.17. The van der Waals surface area contributed by atoms with Crippen LogP contribution in [-0.2, 0) is 16.6 Å². The fourth-order valence-corrected chi connectivity index (χ4v) is 6.17. The van der Waals surface area contributed by atoms with E-state index in [-0.39, 0.29) is 23.4 Å². The molecule has 1 aliphatic rings. The van der Waals surface area contributed by atoms with Crippen molar-refractivity contribution in [1.82, 2.24) is 24.5 Å². The van der Waals surface area contributed by atoms with Gasteiger partial charge in [0, 0.05) is 18.2 Å². The van der Waals surface area contributed by atoms with Crippen molar-refractivity contribution < 1.29 is 12.8 Å². The highest BCUT2D eigenvalue weighted by molar-refractivity contribution is 7.89. The van der Waals surface area contributed by atoms with Crippen molar-refractivity contribution in [3.05, 3.63) is 65.7 Å². The maximum atomic E-state index is 14.4. The SMILES string of the molecule is Cc1cc(S(=O)(=O)N(Cc2ccccc2F)[C@H]2CCCC[C@@H]2C)ccc1-n1cnnn1. The highest BCUT2D eigenvalue weighted by Crippen LogP contribution is 2.34. The van der Waals surface area contributed by atoms with Gasteiger partial charge in [-0.15, -0.1) is 5.10 Å². The third-order valence-electron chi connectivity index (χ3n) is 6.09. The number of benzene rings is 2. The Labute approximate surface area is 181 Å². The second-order valence-corrected chi connectivity index (χ2v) is 10.1. The van der Waals surface area contributed by atoms with Crippen LogP contribution in [0.1, 0.15) is 43.7 Å². The third kappa shape index (κ3) is 4.38. The summed E-state index contributed by atoms with van der Waals surface area (Å²) in [6, 6.07) is 11.1. The number of aryl methyl sites for hydroxylation is 1. The van der Waals surface area contributed by atoms with E-state index in [2.05, 4.69) is 22.4 Å². The molecule has 7 nitrogen and oxygen atoms in total. The Balaban J connectivity index is 1.74. The molecule has 0 amide bonds. The first-order valence-corrected chi connectivity index (χ1v) is 11.9. The van der Waals surface area contributed by atoms with Crippen LogP contribution in [0.2, 0.25) is 0 Å². The van der Waals surface area contributed by atoms with E-state index in [9.17, 15) is 12.8 Å². The molecule has 0 saturated heterocycles. The van der Waals surface area contributed by atoms with Crippen LogP contribution in [0, 0.1) is 18.7 Å². The topological polar surface area (TPSA) is 81.0 Å². The number of hydrogen-bond donors (Lipinski definition) is 0. The van der Waals surface area contributed by atoms with Gasteiger partial charge in [-0.05, 0) is 65.9 Å². The molecule has 31 heavy (non-hydrogen) atoms. The highest BCUT2D eigenvalue weighted by atomic mass is 32.2. The van der Waals surface area contributed by atoms with Gasteiger partial charge in [0.1, 0.15) is 12.1 Å². The van der Waals surface area contributed by atoms with Crippen LogP contribution in [0.4, 0.5) is 4.39 Å². The fraction of sp³-hybridized carbons (Fsp3) is 0.409. The van der Waals surface area contributed by atoms with Crippen molar-refractivity contribution in [3.8, 4) is 5.69 Å². The Bertz CT molecular complexity index is 1150. The minimum Gasteiger partial charge on any atom is -0.207 e. The monoisotopic (exact) mass is 443 g/mol. The quantitative estimate of drug-likeness (QED) is 0.578. The lowest BCUT2D eigenvalue weighted by molar-refractivity contribution is 0.184. The van der Waals surface area contributed by atoms with Crippen LogP contribution in [0.5, 0.6) is 0 Å². The molecular weight excluding hydrogens is 417 g/mol. The van der Waals surface area contributed by atoms with E-state index in [1.165, 1.54) is 21.4 Å². The van der Waals surface area contributed by atoms with Crippen molar-refractivity contribution in [2.45, 2.75) is 57.0 Å². The smallest absolute Gasteiger partial charge is 0.207 e. The number of halogens is 1. The Morgan fingerprint density at radius 2 is 1.94 bits per heavy atom. The Hall–Kier alpha value is -2.65. The van der Waals surface area contributed by atoms with Crippen molar-refractivity contribution in [1.29, 1.82) is 0 Å². The zero-order chi connectivity index (χ0) is 22.0. The van der Waals surface area contributed by atoms with Gasteiger partial charge >= 0.3 is 0 Å². The largest absolute Gasteiger partial charge is 0.243 e. The minimum atomic E-state index is -3.85. The van der Waals surface area contributed by atoms with Gasteiger partial charge in [-0.25, -0.2) is 17.5 Å². The normalized spacial score (nSPS) is 19.6. The van der Waals surface area contributed by atoms with Crippen LogP contribution in [0.3, 0.4) is 0 Å². The van der Waals surface area contributed by atoms with Gasteiger partial charge in [0.2, 0.25) is 10.0 Å². The van der Waals surface area contributed by atoms with E-state index < -0.39 is 15.8 Å². The summed E-state index contributed by atoms with van der Waals surface area (Å²) in [4.78, 5) is 0.191. The average Bonchev–Trinajstić information content (AvgIpc) is 3.28. The van der Waals surface area contributed by atoms with Crippen LogP contribution >= 0.6 is 0 Å². The van der Waals surface area contributed by atoms with Gasteiger partial charge < -0.3 is 0 Å². The first-order chi connectivity index (χ1) is 14.9. The van der Waals surface area contributed by atoms with Gasteiger partial charge in [-0.1, -0.05) is 38.0 Å². The zero-order valence-corrected chi connectivity index (χ0v) is 18.5. The number of hydrogen-bond acceptors (Lipinski definition) is 5. The molecule has 2 aromatic carbocycles.